The van der Waals surface area contributed by atoms with Crippen LogP contribution in [0.5, 0.6) is 11.5 Å². The van der Waals surface area contributed by atoms with E-state index in [2.05, 4.69) is 15.4 Å². The van der Waals surface area contributed by atoms with Gasteiger partial charge >= 0.3 is 0 Å². The van der Waals surface area contributed by atoms with Crippen LogP contribution in [0.1, 0.15) is 12.0 Å². The minimum Gasteiger partial charge on any atom is -0.493 e. The standard InChI is InChI=1S/C21H20ClF2N3O3S/c1-31-12-13-7-15(27-28)10-16(8-13)29-5-2-6-30-19-9-14(23)3-4-17(19)20-18(24)11-25-21(22)26-20/h3-4,7-11,27-28H,2,5-6,12H2,1H3. The molecule has 2 N–H and O–H groups in total. The fourth-order valence-corrected chi connectivity index (χ4v) is 3.47. The highest BCUT2D eigenvalue weighted by Crippen LogP contribution is 2.32. The Balaban J connectivity index is 1.62. The maximum Gasteiger partial charge on any atom is 0.223 e. The summed E-state index contributed by atoms with van der Waals surface area (Å²) in [6.45, 7) is 0.526. The molecule has 0 aliphatic rings. The van der Waals surface area contributed by atoms with Crippen molar-refractivity contribution in [3.63, 3.8) is 0 Å². The van der Waals surface area contributed by atoms with Crippen LogP contribution >= 0.6 is 23.4 Å². The summed E-state index contributed by atoms with van der Waals surface area (Å²) in [4.78, 5) is 7.46. The van der Waals surface area contributed by atoms with E-state index in [0.29, 0.717) is 24.5 Å². The molecule has 6 nitrogen and oxygen atoms in total. The van der Waals surface area contributed by atoms with Crippen molar-refractivity contribution in [3.05, 3.63) is 65.1 Å². The Morgan fingerprint density at radius 2 is 1.94 bits per heavy atom. The first kappa shape index (κ1) is 23.1. The Morgan fingerprint density at radius 3 is 2.71 bits per heavy atom. The van der Waals surface area contributed by atoms with Crippen LogP contribution in [0.2, 0.25) is 5.28 Å². The summed E-state index contributed by atoms with van der Waals surface area (Å²) in [6.07, 6.45) is 3.42. The first-order valence-electron chi connectivity index (χ1n) is 9.26. The first-order valence-corrected chi connectivity index (χ1v) is 11.0. The van der Waals surface area contributed by atoms with Crippen LogP contribution in [-0.4, -0.2) is 34.6 Å². The van der Waals surface area contributed by atoms with Crippen LogP contribution in [0.25, 0.3) is 11.3 Å². The van der Waals surface area contributed by atoms with Gasteiger partial charge in [-0.3, -0.25) is 10.7 Å². The van der Waals surface area contributed by atoms with Crippen LogP contribution in [0.15, 0.2) is 42.6 Å². The second kappa shape index (κ2) is 11.1. The predicted octanol–water partition coefficient (Wildman–Crippen LogP) is 5.59. The van der Waals surface area contributed by atoms with Gasteiger partial charge in [0.2, 0.25) is 5.28 Å². The number of hydrogen-bond donors (Lipinski definition) is 2. The van der Waals surface area contributed by atoms with Crippen molar-refractivity contribution in [1.82, 2.24) is 9.97 Å². The minimum absolute atomic E-state index is 0.0686. The molecule has 164 valence electrons. The van der Waals surface area contributed by atoms with E-state index >= 15 is 0 Å². The highest BCUT2D eigenvalue weighted by atomic mass is 35.5. The molecule has 0 bridgehead atoms. The van der Waals surface area contributed by atoms with Crippen LogP contribution in [0.3, 0.4) is 0 Å². The number of rotatable bonds is 10. The molecule has 0 aliphatic heterocycles. The molecule has 2 aromatic carbocycles. The number of hydrogen-bond acceptors (Lipinski definition) is 7. The van der Waals surface area contributed by atoms with Gasteiger partial charge in [-0.15, -0.1) is 0 Å². The van der Waals surface area contributed by atoms with Crippen molar-refractivity contribution in [1.29, 1.82) is 0 Å². The van der Waals surface area contributed by atoms with Gasteiger partial charge in [0.25, 0.3) is 0 Å². The molecule has 0 spiro atoms. The fraction of sp³-hybridized carbons (Fsp3) is 0.238. The molecule has 1 heterocycles. The van der Waals surface area contributed by atoms with E-state index in [9.17, 15) is 8.78 Å². The average molecular weight is 468 g/mol. The molecule has 0 saturated carbocycles. The summed E-state index contributed by atoms with van der Waals surface area (Å²) in [7, 11) is 0. The molecule has 0 aliphatic carbocycles. The smallest absolute Gasteiger partial charge is 0.223 e. The van der Waals surface area contributed by atoms with Crippen molar-refractivity contribution in [2.24, 2.45) is 0 Å². The molecule has 3 aromatic rings. The number of anilines is 1. The van der Waals surface area contributed by atoms with Crippen LogP contribution in [0.4, 0.5) is 14.5 Å². The van der Waals surface area contributed by atoms with E-state index in [1.165, 1.54) is 12.1 Å². The second-order valence-corrected chi connectivity index (χ2v) is 7.64. The molecule has 31 heavy (non-hydrogen) atoms. The molecule has 10 heteroatoms. The summed E-state index contributed by atoms with van der Waals surface area (Å²) in [5.74, 6) is 0.309. The van der Waals surface area contributed by atoms with Crippen molar-refractivity contribution in [2.45, 2.75) is 12.2 Å². The second-order valence-electron chi connectivity index (χ2n) is 6.44. The van der Waals surface area contributed by atoms with Gasteiger partial charge in [0.1, 0.15) is 23.0 Å². The molecule has 0 fully saturated rings. The fourth-order valence-electron chi connectivity index (χ4n) is 2.84. The lowest BCUT2D eigenvalue weighted by atomic mass is 10.1. The van der Waals surface area contributed by atoms with Crippen molar-refractivity contribution in [3.8, 4) is 22.8 Å². The number of nitrogens with zero attached hydrogens (tertiary/aromatic N) is 2. The molecular weight excluding hydrogens is 448 g/mol. The van der Waals surface area contributed by atoms with E-state index < -0.39 is 11.6 Å². The number of benzene rings is 2. The Hall–Kier alpha value is -2.62. The number of ether oxygens (including phenoxy) is 2. The summed E-state index contributed by atoms with van der Waals surface area (Å²) >= 11 is 7.42. The Kier molecular flexibility index (Phi) is 8.27. The van der Waals surface area contributed by atoms with Gasteiger partial charge in [0.15, 0.2) is 5.82 Å². The lowest BCUT2D eigenvalue weighted by Crippen LogP contribution is -2.07. The zero-order valence-corrected chi connectivity index (χ0v) is 18.1. The Bertz CT molecular complexity index is 1040. The molecule has 0 atom stereocenters. The number of halogens is 3. The SMILES string of the molecule is CSCc1cc(NO)cc(OCCCOc2cc(F)ccc2-c2nc(Cl)ncc2F)c1. The average Bonchev–Trinajstić information content (AvgIpc) is 2.75. The Morgan fingerprint density at radius 1 is 1.13 bits per heavy atom. The van der Waals surface area contributed by atoms with Gasteiger partial charge in [0.05, 0.1) is 25.1 Å². The van der Waals surface area contributed by atoms with Crippen LogP contribution < -0.4 is 15.0 Å². The number of thioether (sulfide) groups is 1. The van der Waals surface area contributed by atoms with Gasteiger partial charge in [-0.1, -0.05) is 0 Å². The largest absolute Gasteiger partial charge is 0.493 e. The van der Waals surface area contributed by atoms with E-state index in [-0.39, 0.29) is 28.9 Å². The zero-order chi connectivity index (χ0) is 22.2. The molecule has 0 unspecified atom stereocenters. The van der Waals surface area contributed by atoms with Gasteiger partial charge in [-0.2, -0.15) is 11.8 Å². The highest BCUT2D eigenvalue weighted by molar-refractivity contribution is 7.97. The normalized spacial score (nSPS) is 10.7. The van der Waals surface area contributed by atoms with Crippen molar-refractivity contribution >= 4 is 29.1 Å². The lowest BCUT2D eigenvalue weighted by molar-refractivity contribution is 0.247. The van der Waals surface area contributed by atoms with Crippen LogP contribution in [-0.2, 0) is 5.75 Å². The van der Waals surface area contributed by atoms with E-state index in [1.807, 2.05) is 18.4 Å². The van der Waals surface area contributed by atoms with E-state index in [1.54, 1.807) is 17.8 Å². The molecule has 1 aromatic heterocycles. The third kappa shape index (κ3) is 6.43. The van der Waals surface area contributed by atoms with Gasteiger partial charge in [0, 0.05) is 29.9 Å². The van der Waals surface area contributed by atoms with E-state index in [0.717, 1.165) is 23.6 Å². The molecule has 0 radical (unpaired) electrons. The number of aromatic nitrogens is 2. The monoisotopic (exact) mass is 467 g/mol. The predicted molar refractivity (Wildman–Crippen MR) is 117 cm³/mol. The molecular formula is C21H20ClF2N3O3S. The van der Waals surface area contributed by atoms with Gasteiger partial charge < -0.3 is 9.47 Å². The van der Waals surface area contributed by atoms with Gasteiger partial charge in [-0.05, 0) is 47.7 Å². The maximum absolute atomic E-state index is 14.1. The first-order chi connectivity index (χ1) is 15.0. The molecule has 0 saturated heterocycles. The summed E-state index contributed by atoms with van der Waals surface area (Å²) in [5.41, 5.74) is 3.87. The summed E-state index contributed by atoms with van der Waals surface area (Å²) in [5, 5.41) is 9.04. The highest BCUT2D eigenvalue weighted by Gasteiger charge is 2.15. The van der Waals surface area contributed by atoms with Gasteiger partial charge in [-0.25, -0.2) is 18.7 Å². The lowest BCUT2D eigenvalue weighted by Gasteiger charge is -2.13. The third-order valence-corrected chi connectivity index (χ3v) is 4.94. The van der Waals surface area contributed by atoms with Crippen molar-refractivity contribution < 1.29 is 23.5 Å². The summed E-state index contributed by atoms with van der Waals surface area (Å²) < 4.78 is 39.3. The third-order valence-electron chi connectivity index (χ3n) is 4.13. The topological polar surface area (TPSA) is 76.5 Å². The minimum atomic E-state index is -0.692. The molecule has 0 amide bonds. The van der Waals surface area contributed by atoms with Crippen LogP contribution in [0, 0.1) is 11.6 Å². The molecule has 3 rings (SSSR count). The van der Waals surface area contributed by atoms with Crippen molar-refractivity contribution in [2.75, 3.05) is 24.9 Å². The quantitative estimate of drug-likeness (QED) is 0.229. The maximum atomic E-state index is 14.1. The van der Waals surface area contributed by atoms with E-state index in [4.69, 9.17) is 26.3 Å². The zero-order valence-electron chi connectivity index (χ0n) is 16.6. The Labute approximate surface area is 187 Å². The number of nitrogens with one attached hydrogen (secondary N) is 1. The summed E-state index contributed by atoms with van der Waals surface area (Å²) in [6, 6.07) is 9.13.